The minimum absolute atomic E-state index is 0.112. The van der Waals surface area contributed by atoms with Gasteiger partial charge in [0, 0.05) is 22.2 Å². The molecule has 0 unspecified atom stereocenters. The van der Waals surface area contributed by atoms with Gasteiger partial charge in [-0.1, -0.05) is 77.5 Å². The number of hydrogen-bond donors (Lipinski definition) is 0. The van der Waals surface area contributed by atoms with Crippen LogP contribution in [0, 0.1) is 17.0 Å². The highest BCUT2D eigenvalue weighted by Gasteiger charge is 2.34. The molecule has 0 saturated heterocycles. The summed E-state index contributed by atoms with van der Waals surface area (Å²) >= 11 is 7.22. The van der Waals surface area contributed by atoms with E-state index >= 15 is 0 Å². The molecule has 2 heterocycles. The molecule has 0 radical (unpaired) electrons. The van der Waals surface area contributed by atoms with Crippen molar-refractivity contribution in [3.8, 4) is 5.75 Å². The van der Waals surface area contributed by atoms with E-state index in [9.17, 15) is 19.7 Å². The fourth-order valence-electron chi connectivity index (χ4n) is 5.52. The molecule has 0 aliphatic carbocycles. The van der Waals surface area contributed by atoms with Crippen LogP contribution in [-0.4, -0.2) is 22.1 Å². The third-order valence-electron chi connectivity index (χ3n) is 7.78. The van der Waals surface area contributed by atoms with E-state index in [1.165, 1.54) is 22.0 Å². The molecule has 6 rings (SSSR count). The zero-order valence-corrected chi connectivity index (χ0v) is 26.7. The number of ether oxygens (including phenoxy) is 2. The van der Waals surface area contributed by atoms with Crippen molar-refractivity contribution < 1.29 is 19.2 Å². The fourth-order valence-corrected chi connectivity index (χ4v) is 6.68. The van der Waals surface area contributed by atoms with Crippen molar-refractivity contribution in [1.82, 2.24) is 4.57 Å². The van der Waals surface area contributed by atoms with Crippen molar-refractivity contribution in [3.05, 3.63) is 147 Å². The van der Waals surface area contributed by atoms with Crippen LogP contribution < -0.4 is 19.6 Å². The molecule has 9 nitrogen and oxygen atoms in total. The first-order chi connectivity index (χ1) is 22.2. The van der Waals surface area contributed by atoms with Crippen molar-refractivity contribution in [2.75, 3.05) is 6.61 Å². The standard InChI is InChI=1S/C35H28ClN3O6S/c1-4-44-34(41)31-21(3)37-35-38(32(31)24-12-9-20(2)28(17-24)39(42)43)33(40)30(46-35)18-27-26-8-6-5-7-23(26)13-16-29(27)45-19-22-10-14-25(36)15-11-22/h5-18,32H,4,19H2,1-3H3/b30-18+/t32-/m1/s1. The Morgan fingerprint density at radius 2 is 1.85 bits per heavy atom. The normalized spacial score (nSPS) is 14.6. The molecule has 11 heteroatoms. The van der Waals surface area contributed by atoms with Gasteiger partial charge in [-0.2, -0.15) is 0 Å². The number of esters is 1. The first kappa shape index (κ1) is 30.9. The number of hydrogen-bond acceptors (Lipinski definition) is 8. The van der Waals surface area contributed by atoms with Gasteiger partial charge in [-0.15, -0.1) is 0 Å². The second kappa shape index (κ2) is 12.7. The molecule has 1 aliphatic rings. The summed E-state index contributed by atoms with van der Waals surface area (Å²) in [7, 11) is 0. The molecule has 232 valence electrons. The first-order valence-electron chi connectivity index (χ1n) is 14.5. The average molecular weight is 654 g/mol. The van der Waals surface area contributed by atoms with Crippen LogP contribution in [0.1, 0.15) is 42.1 Å². The quantitative estimate of drug-likeness (QED) is 0.109. The molecule has 4 aromatic carbocycles. The molecule has 5 aromatic rings. The maximum atomic E-state index is 14.3. The first-order valence-corrected chi connectivity index (χ1v) is 15.7. The molecule has 1 aliphatic heterocycles. The van der Waals surface area contributed by atoms with Crippen LogP contribution >= 0.6 is 22.9 Å². The number of nitro groups is 1. The predicted octanol–water partition coefficient (Wildman–Crippen LogP) is 6.40. The molecule has 0 N–H and O–H groups in total. The van der Waals surface area contributed by atoms with Gasteiger partial charge in [-0.3, -0.25) is 19.5 Å². The van der Waals surface area contributed by atoms with Gasteiger partial charge in [0.25, 0.3) is 11.2 Å². The zero-order valence-electron chi connectivity index (χ0n) is 25.2. The van der Waals surface area contributed by atoms with Crippen LogP contribution in [-0.2, 0) is 16.1 Å². The van der Waals surface area contributed by atoms with Crippen LogP contribution in [0.25, 0.3) is 16.8 Å². The Hall–Kier alpha value is -5.06. The SMILES string of the molecule is CCOC(=O)C1=C(C)N=c2s/c(=C/c3c(OCc4ccc(Cl)cc4)ccc4ccccc34)c(=O)n2[C@@H]1c1ccc(C)c([N+](=O)[O-])c1. The van der Waals surface area contributed by atoms with Gasteiger partial charge in [-0.05, 0) is 66.9 Å². The summed E-state index contributed by atoms with van der Waals surface area (Å²) in [5.41, 5.74) is 2.51. The van der Waals surface area contributed by atoms with E-state index in [0.29, 0.717) is 42.5 Å². The molecule has 46 heavy (non-hydrogen) atoms. The summed E-state index contributed by atoms with van der Waals surface area (Å²) in [6.45, 7) is 5.39. The van der Waals surface area contributed by atoms with Crippen LogP contribution in [0.3, 0.4) is 0 Å². The number of thiazole rings is 1. The predicted molar refractivity (Wildman–Crippen MR) is 178 cm³/mol. The average Bonchev–Trinajstić information content (AvgIpc) is 3.34. The second-order valence-electron chi connectivity index (χ2n) is 10.7. The third-order valence-corrected chi connectivity index (χ3v) is 9.01. The second-order valence-corrected chi connectivity index (χ2v) is 12.2. The number of nitro benzene ring substituents is 1. The third kappa shape index (κ3) is 5.84. The highest BCUT2D eigenvalue weighted by Crippen LogP contribution is 2.34. The van der Waals surface area contributed by atoms with Gasteiger partial charge >= 0.3 is 5.97 Å². The van der Waals surface area contributed by atoms with Crippen molar-refractivity contribution in [2.45, 2.75) is 33.4 Å². The molecule has 0 spiro atoms. The smallest absolute Gasteiger partial charge is 0.338 e. The molecule has 1 atom stereocenters. The van der Waals surface area contributed by atoms with E-state index in [1.807, 2.05) is 48.5 Å². The van der Waals surface area contributed by atoms with E-state index in [2.05, 4.69) is 4.99 Å². The molecule has 0 fully saturated rings. The number of allylic oxidation sites excluding steroid dienone is 1. The summed E-state index contributed by atoms with van der Waals surface area (Å²) in [6.07, 6.45) is 1.78. The highest BCUT2D eigenvalue weighted by atomic mass is 35.5. The highest BCUT2D eigenvalue weighted by molar-refractivity contribution is 7.07. The number of carbonyl (C=O) groups is 1. The molecule has 0 amide bonds. The van der Waals surface area contributed by atoms with Crippen LogP contribution in [0.4, 0.5) is 5.69 Å². The minimum atomic E-state index is -0.982. The number of nitrogens with zero attached hydrogens (tertiary/aromatic N) is 3. The summed E-state index contributed by atoms with van der Waals surface area (Å²) in [4.78, 5) is 43.9. The lowest BCUT2D eigenvalue weighted by Crippen LogP contribution is -2.40. The van der Waals surface area contributed by atoms with Gasteiger partial charge in [0.1, 0.15) is 12.4 Å². The van der Waals surface area contributed by atoms with Crippen molar-refractivity contribution in [1.29, 1.82) is 0 Å². The zero-order chi connectivity index (χ0) is 32.5. The van der Waals surface area contributed by atoms with E-state index < -0.39 is 22.5 Å². The summed E-state index contributed by atoms with van der Waals surface area (Å²) in [6, 6.07) is 22.7. The Labute approximate surface area is 272 Å². The number of rotatable bonds is 8. The number of benzene rings is 4. The molecule has 1 aromatic heterocycles. The Kier molecular flexibility index (Phi) is 8.57. The Morgan fingerprint density at radius 1 is 1.09 bits per heavy atom. The largest absolute Gasteiger partial charge is 0.488 e. The van der Waals surface area contributed by atoms with E-state index in [-0.39, 0.29) is 24.5 Å². The van der Waals surface area contributed by atoms with Crippen LogP contribution in [0.15, 0.2) is 99.9 Å². The fraction of sp³-hybridized carbons (Fsp3) is 0.171. The summed E-state index contributed by atoms with van der Waals surface area (Å²) < 4.78 is 13.4. The van der Waals surface area contributed by atoms with Crippen molar-refractivity contribution in [3.63, 3.8) is 0 Å². The number of aryl methyl sites for hydroxylation is 1. The monoisotopic (exact) mass is 653 g/mol. The Morgan fingerprint density at radius 3 is 2.59 bits per heavy atom. The lowest BCUT2D eigenvalue weighted by Gasteiger charge is -2.24. The van der Waals surface area contributed by atoms with Crippen LogP contribution in [0.5, 0.6) is 5.75 Å². The number of aromatic nitrogens is 1. The lowest BCUT2D eigenvalue weighted by molar-refractivity contribution is -0.385. The molecule has 0 saturated carbocycles. The maximum Gasteiger partial charge on any atom is 0.338 e. The van der Waals surface area contributed by atoms with Gasteiger partial charge < -0.3 is 9.47 Å². The van der Waals surface area contributed by atoms with Crippen LogP contribution in [0.2, 0.25) is 5.02 Å². The van der Waals surface area contributed by atoms with Gasteiger partial charge in [0.15, 0.2) is 4.80 Å². The topological polar surface area (TPSA) is 113 Å². The Balaban J connectivity index is 1.54. The van der Waals surface area contributed by atoms with Gasteiger partial charge in [0.2, 0.25) is 0 Å². The minimum Gasteiger partial charge on any atom is -0.488 e. The summed E-state index contributed by atoms with van der Waals surface area (Å²) in [5, 5.41) is 14.3. The van der Waals surface area contributed by atoms with E-state index in [0.717, 1.165) is 16.3 Å². The van der Waals surface area contributed by atoms with Crippen molar-refractivity contribution >= 4 is 51.4 Å². The van der Waals surface area contributed by atoms with Crippen molar-refractivity contribution in [2.24, 2.45) is 4.99 Å². The van der Waals surface area contributed by atoms with E-state index in [4.69, 9.17) is 21.1 Å². The number of halogens is 1. The van der Waals surface area contributed by atoms with Gasteiger partial charge in [-0.25, -0.2) is 9.79 Å². The van der Waals surface area contributed by atoms with E-state index in [1.54, 1.807) is 51.1 Å². The molecule has 0 bridgehead atoms. The molecular formula is C35H28ClN3O6S. The Bertz CT molecular complexity index is 2240. The number of carbonyl (C=O) groups excluding carboxylic acids is 1. The maximum absolute atomic E-state index is 14.3. The molecular weight excluding hydrogens is 626 g/mol. The lowest BCUT2D eigenvalue weighted by atomic mass is 9.94. The van der Waals surface area contributed by atoms with Gasteiger partial charge in [0.05, 0.1) is 33.4 Å². The summed E-state index contributed by atoms with van der Waals surface area (Å²) in [5.74, 6) is -0.0632. The number of fused-ring (bicyclic) bond motifs is 2.